The third-order valence-corrected chi connectivity index (χ3v) is 5.04. The molecule has 110 valence electrons. The fraction of sp³-hybridized carbons (Fsp3) is 0.533. The number of nitrogens with one attached hydrogen (secondary N) is 1. The van der Waals surface area contributed by atoms with E-state index in [0.29, 0.717) is 17.1 Å². The lowest BCUT2D eigenvalue weighted by Crippen LogP contribution is -2.42. The predicted molar refractivity (Wildman–Crippen MR) is 92.8 cm³/mol. The first kappa shape index (κ1) is 15.6. The number of likely N-dealkylation sites (tertiary alicyclic amines) is 1. The van der Waals surface area contributed by atoms with Gasteiger partial charge >= 0.3 is 0 Å². The van der Waals surface area contributed by atoms with Gasteiger partial charge in [-0.05, 0) is 45.2 Å². The van der Waals surface area contributed by atoms with Gasteiger partial charge in [-0.2, -0.15) is 0 Å². The summed E-state index contributed by atoms with van der Waals surface area (Å²) in [5, 5.41) is 3.65. The van der Waals surface area contributed by atoms with E-state index in [-0.39, 0.29) is 0 Å². The van der Waals surface area contributed by atoms with E-state index < -0.39 is 0 Å². The van der Waals surface area contributed by atoms with Crippen molar-refractivity contribution < 1.29 is 0 Å². The minimum atomic E-state index is 0.471. The maximum Gasteiger partial charge on any atom is 0.107 e. The molecule has 0 saturated carbocycles. The smallest absolute Gasteiger partial charge is 0.107 e. The monoisotopic (exact) mass is 309 g/mol. The largest absolute Gasteiger partial charge is 0.389 e. The molecule has 20 heavy (non-hydrogen) atoms. The van der Waals surface area contributed by atoms with Gasteiger partial charge in [-0.15, -0.1) is 11.8 Å². The fourth-order valence-electron chi connectivity index (χ4n) is 2.72. The third-order valence-electron chi connectivity index (χ3n) is 4.06. The molecular formula is C15H23N3S2. The molecule has 0 bridgehead atoms. The van der Waals surface area contributed by atoms with Gasteiger partial charge < -0.3 is 16.0 Å². The minimum absolute atomic E-state index is 0.471. The predicted octanol–water partition coefficient (Wildman–Crippen LogP) is 2.94. The second-order valence-electron chi connectivity index (χ2n) is 5.44. The highest BCUT2D eigenvalue weighted by atomic mass is 32.2. The lowest BCUT2D eigenvalue weighted by atomic mass is 9.98. The fourth-order valence-corrected chi connectivity index (χ4v) is 3.64. The second kappa shape index (κ2) is 6.78. The van der Waals surface area contributed by atoms with Gasteiger partial charge in [0.2, 0.25) is 0 Å². The molecule has 0 radical (unpaired) electrons. The zero-order valence-electron chi connectivity index (χ0n) is 12.3. The molecule has 3 nitrogen and oxygen atoms in total. The summed E-state index contributed by atoms with van der Waals surface area (Å²) in [6, 6.07) is 7.32. The van der Waals surface area contributed by atoms with Crippen LogP contribution in [0.4, 0.5) is 5.69 Å². The van der Waals surface area contributed by atoms with Crippen LogP contribution in [0, 0.1) is 0 Å². The van der Waals surface area contributed by atoms with Gasteiger partial charge in [0, 0.05) is 34.8 Å². The Morgan fingerprint density at radius 1 is 1.50 bits per heavy atom. The SMILES string of the molecule is CSc1cccc(NC2CCN(C)C(C)C2)c1C(N)=S. The Morgan fingerprint density at radius 3 is 2.85 bits per heavy atom. The number of nitrogens with zero attached hydrogens (tertiary/aromatic N) is 1. The molecule has 2 unspecified atom stereocenters. The highest BCUT2D eigenvalue weighted by Gasteiger charge is 2.23. The van der Waals surface area contributed by atoms with Gasteiger partial charge in [0.05, 0.1) is 0 Å². The van der Waals surface area contributed by atoms with Crippen LogP contribution in [-0.4, -0.2) is 41.8 Å². The highest BCUT2D eigenvalue weighted by molar-refractivity contribution is 7.98. The van der Waals surface area contributed by atoms with E-state index in [2.05, 4.69) is 48.6 Å². The Kier molecular flexibility index (Phi) is 5.29. The van der Waals surface area contributed by atoms with Gasteiger partial charge in [-0.3, -0.25) is 0 Å². The molecule has 0 aromatic heterocycles. The number of benzene rings is 1. The van der Waals surface area contributed by atoms with Crippen molar-refractivity contribution in [3.05, 3.63) is 23.8 Å². The van der Waals surface area contributed by atoms with Crippen LogP contribution in [0.15, 0.2) is 23.1 Å². The van der Waals surface area contributed by atoms with Crippen LogP contribution < -0.4 is 11.1 Å². The Balaban J connectivity index is 2.19. The van der Waals surface area contributed by atoms with Gasteiger partial charge in [0.25, 0.3) is 0 Å². The summed E-state index contributed by atoms with van der Waals surface area (Å²) in [7, 11) is 2.19. The summed E-state index contributed by atoms with van der Waals surface area (Å²) in [5.41, 5.74) is 7.98. The average molecular weight is 310 g/mol. The first-order valence-corrected chi connectivity index (χ1v) is 8.59. The molecule has 0 aliphatic carbocycles. The zero-order valence-corrected chi connectivity index (χ0v) is 14.0. The van der Waals surface area contributed by atoms with Crippen molar-refractivity contribution in [1.29, 1.82) is 0 Å². The first-order valence-electron chi connectivity index (χ1n) is 6.96. The topological polar surface area (TPSA) is 41.3 Å². The van der Waals surface area contributed by atoms with E-state index in [9.17, 15) is 0 Å². The number of thiocarbonyl (C=S) groups is 1. The number of hydrogen-bond acceptors (Lipinski definition) is 4. The molecule has 0 amide bonds. The lowest BCUT2D eigenvalue weighted by molar-refractivity contribution is 0.190. The standard InChI is InChI=1S/C15H23N3S2/c1-10-9-11(7-8-18(10)2)17-12-5-4-6-13(20-3)14(12)15(16)19/h4-6,10-11,17H,7-9H2,1-3H3,(H2,16,19). The van der Waals surface area contributed by atoms with Crippen LogP contribution in [0.5, 0.6) is 0 Å². The number of nitrogens with two attached hydrogens (primary N) is 1. The van der Waals surface area contributed by atoms with E-state index in [1.54, 1.807) is 11.8 Å². The molecule has 1 aliphatic heterocycles. The molecule has 1 aromatic carbocycles. The molecule has 3 N–H and O–H groups in total. The number of thioether (sulfide) groups is 1. The lowest BCUT2D eigenvalue weighted by Gasteiger charge is -2.36. The van der Waals surface area contributed by atoms with Crippen LogP contribution in [0.3, 0.4) is 0 Å². The quantitative estimate of drug-likeness (QED) is 0.661. The maximum atomic E-state index is 5.92. The van der Waals surface area contributed by atoms with Gasteiger partial charge in [0.15, 0.2) is 0 Å². The molecular weight excluding hydrogens is 286 g/mol. The van der Waals surface area contributed by atoms with Crippen molar-refractivity contribution in [1.82, 2.24) is 4.90 Å². The zero-order chi connectivity index (χ0) is 14.7. The number of anilines is 1. The second-order valence-corrected chi connectivity index (χ2v) is 6.73. The van der Waals surface area contributed by atoms with Gasteiger partial charge in [0.1, 0.15) is 4.99 Å². The molecule has 2 rings (SSSR count). The van der Waals surface area contributed by atoms with E-state index in [0.717, 1.165) is 35.5 Å². The molecule has 1 heterocycles. The van der Waals surface area contributed by atoms with Crippen molar-refractivity contribution in [2.75, 3.05) is 25.2 Å². The Labute approximate surface area is 131 Å². The molecule has 1 saturated heterocycles. The van der Waals surface area contributed by atoms with Gasteiger partial charge in [-0.25, -0.2) is 0 Å². The minimum Gasteiger partial charge on any atom is -0.389 e. The average Bonchev–Trinajstić information content (AvgIpc) is 2.42. The molecule has 2 atom stereocenters. The molecule has 1 fully saturated rings. The Bertz CT molecular complexity index is 490. The maximum absolute atomic E-state index is 5.92. The molecule has 1 aromatic rings. The van der Waals surface area contributed by atoms with Crippen molar-refractivity contribution in [2.24, 2.45) is 5.73 Å². The normalized spacial score (nSPS) is 23.6. The summed E-state index contributed by atoms with van der Waals surface area (Å²) in [6.07, 6.45) is 4.36. The van der Waals surface area contributed by atoms with Crippen LogP contribution in [0.25, 0.3) is 0 Å². The van der Waals surface area contributed by atoms with Crippen LogP contribution >= 0.6 is 24.0 Å². The first-order chi connectivity index (χ1) is 9.52. The van der Waals surface area contributed by atoms with Crippen molar-refractivity contribution in [3.8, 4) is 0 Å². The van der Waals surface area contributed by atoms with E-state index in [1.165, 1.54) is 0 Å². The molecule has 5 heteroatoms. The third kappa shape index (κ3) is 3.45. The molecule has 0 spiro atoms. The van der Waals surface area contributed by atoms with E-state index >= 15 is 0 Å². The summed E-state index contributed by atoms with van der Waals surface area (Å²) in [5.74, 6) is 0. The number of hydrogen-bond donors (Lipinski definition) is 2. The Hall–Kier alpha value is -0.780. The van der Waals surface area contributed by atoms with Crippen molar-refractivity contribution >= 4 is 34.7 Å². The van der Waals surface area contributed by atoms with E-state index in [1.807, 2.05) is 0 Å². The number of rotatable bonds is 4. The Morgan fingerprint density at radius 2 is 2.25 bits per heavy atom. The van der Waals surface area contributed by atoms with Crippen LogP contribution in [-0.2, 0) is 0 Å². The van der Waals surface area contributed by atoms with Gasteiger partial charge in [-0.1, -0.05) is 18.3 Å². The highest BCUT2D eigenvalue weighted by Crippen LogP contribution is 2.29. The van der Waals surface area contributed by atoms with E-state index in [4.69, 9.17) is 18.0 Å². The van der Waals surface area contributed by atoms with Crippen LogP contribution in [0.1, 0.15) is 25.3 Å². The summed E-state index contributed by atoms with van der Waals surface area (Å²) >= 11 is 6.91. The van der Waals surface area contributed by atoms with Crippen molar-refractivity contribution in [3.63, 3.8) is 0 Å². The molecule has 1 aliphatic rings. The summed E-state index contributed by atoms with van der Waals surface area (Å²) < 4.78 is 0. The van der Waals surface area contributed by atoms with Crippen LogP contribution in [0.2, 0.25) is 0 Å². The van der Waals surface area contributed by atoms with Crippen molar-refractivity contribution in [2.45, 2.75) is 36.7 Å². The summed E-state index contributed by atoms with van der Waals surface area (Å²) in [4.78, 5) is 4.02. The number of piperidine rings is 1. The summed E-state index contributed by atoms with van der Waals surface area (Å²) in [6.45, 7) is 3.41.